The fraction of sp³-hybridized carbons (Fsp3) is 0.0789. The number of allylic oxidation sites excluding steroid dienone is 1. The third-order valence-corrected chi connectivity index (χ3v) is 8.11. The molecule has 0 aliphatic heterocycles. The number of fused-ring (bicyclic) bond motifs is 3. The Morgan fingerprint density at radius 2 is 1.22 bits per heavy atom. The predicted octanol–water partition coefficient (Wildman–Crippen LogP) is 9.46. The van der Waals surface area contributed by atoms with Crippen LogP contribution >= 0.6 is 0 Å². The van der Waals surface area contributed by atoms with Crippen LogP contribution in [0.5, 0.6) is 0 Å². The molecule has 0 saturated carbocycles. The van der Waals surface area contributed by atoms with Gasteiger partial charge in [0, 0.05) is 41.8 Å². The van der Waals surface area contributed by atoms with Crippen molar-refractivity contribution in [2.24, 2.45) is 0 Å². The Bertz CT molecular complexity index is 1830. The van der Waals surface area contributed by atoms with E-state index in [0.29, 0.717) is 0 Å². The van der Waals surface area contributed by atoms with E-state index in [-0.39, 0.29) is 5.92 Å². The first-order valence-corrected chi connectivity index (χ1v) is 14.0. The third-order valence-electron chi connectivity index (χ3n) is 8.11. The average molecular weight is 528 g/mol. The van der Waals surface area contributed by atoms with Crippen LogP contribution in [0.2, 0.25) is 0 Å². The molecular weight excluding hydrogens is 498 g/mol. The summed E-state index contributed by atoms with van der Waals surface area (Å²) in [6.45, 7) is 4.46. The van der Waals surface area contributed by atoms with Crippen LogP contribution in [0.15, 0.2) is 134 Å². The monoisotopic (exact) mass is 527 g/mol. The van der Waals surface area contributed by atoms with Gasteiger partial charge in [0.1, 0.15) is 0 Å². The highest BCUT2D eigenvalue weighted by molar-refractivity contribution is 6.02. The summed E-state index contributed by atoms with van der Waals surface area (Å²) in [6, 6.07) is 36.8. The summed E-state index contributed by atoms with van der Waals surface area (Å²) >= 11 is 0. The first-order valence-electron chi connectivity index (χ1n) is 14.0. The second kappa shape index (κ2) is 10.4. The Morgan fingerprint density at radius 1 is 0.585 bits per heavy atom. The largest absolute Gasteiger partial charge is 0.264 e. The molecule has 3 aromatic carbocycles. The maximum atomic E-state index is 4.97. The topological polar surface area (TPSA) is 38.7 Å². The van der Waals surface area contributed by atoms with Crippen LogP contribution in [0.25, 0.3) is 50.3 Å². The van der Waals surface area contributed by atoms with Crippen molar-refractivity contribution >= 4 is 5.57 Å². The van der Waals surface area contributed by atoms with Crippen molar-refractivity contribution in [3.05, 3.63) is 156 Å². The zero-order chi connectivity index (χ0) is 27.8. The average Bonchev–Trinajstić information content (AvgIpc) is 3.39. The summed E-state index contributed by atoms with van der Waals surface area (Å²) in [7, 11) is 0. The van der Waals surface area contributed by atoms with E-state index in [9.17, 15) is 0 Å². The van der Waals surface area contributed by atoms with Crippen LogP contribution in [0.4, 0.5) is 0 Å². The van der Waals surface area contributed by atoms with Gasteiger partial charge in [0.05, 0.1) is 11.4 Å². The molecule has 0 N–H and O–H groups in total. The number of rotatable bonds is 5. The SMILES string of the molecule is C/C=C1/c2ccccc2-c2cccc(C(C)c3ccc(-c4cc(-c5cccnc5)nc(-c5cccnc5)c4)cc3)c21. The Kier molecular flexibility index (Phi) is 6.33. The molecule has 0 saturated heterocycles. The van der Waals surface area contributed by atoms with Crippen molar-refractivity contribution in [1.29, 1.82) is 0 Å². The van der Waals surface area contributed by atoms with Gasteiger partial charge in [-0.3, -0.25) is 9.97 Å². The summed E-state index contributed by atoms with van der Waals surface area (Å²) in [5.74, 6) is 0.248. The summed E-state index contributed by atoms with van der Waals surface area (Å²) in [5, 5.41) is 0. The third kappa shape index (κ3) is 4.46. The van der Waals surface area contributed by atoms with Crippen LogP contribution in [-0.4, -0.2) is 15.0 Å². The van der Waals surface area contributed by atoms with Gasteiger partial charge in [-0.1, -0.05) is 79.7 Å². The lowest BCUT2D eigenvalue weighted by atomic mass is 9.85. The molecule has 0 fully saturated rings. The van der Waals surface area contributed by atoms with Gasteiger partial charge in [0.2, 0.25) is 0 Å². The van der Waals surface area contributed by atoms with Gasteiger partial charge in [-0.15, -0.1) is 0 Å². The van der Waals surface area contributed by atoms with Crippen molar-refractivity contribution in [1.82, 2.24) is 15.0 Å². The molecule has 0 amide bonds. The van der Waals surface area contributed by atoms with Crippen LogP contribution in [0.3, 0.4) is 0 Å². The molecular formula is C38H29N3. The molecule has 1 atom stereocenters. The lowest BCUT2D eigenvalue weighted by Gasteiger charge is -2.18. The first kappa shape index (κ1) is 24.9. The molecule has 196 valence electrons. The summed E-state index contributed by atoms with van der Waals surface area (Å²) in [6.07, 6.45) is 9.55. The van der Waals surface area contributed by atoms with Gasteiger partial charge >= 0.3 is 0 Å². The second-order valence-electron chi connectivity index (χ2n) is 10.5. The van der Waals surface area contributed by atoms with E-state index in [2.05, 4.69) is 109 Å². The van der Waals surface area contributed by atoms with E-state index in [1.807, 2.05) is 36.7 Å². The van der Waals surface area contributed by atoms with Gasteiger partial charge in [-0.05, 0) is 93.4 Å². The van der Waals surface area contributed by atoms with Crippen LogP contribution in [0, 0.1) is 0 Å². The van der Waals surface area contributed by atoms with Crippen LogP contribution in [0.1, 0.15) is 42.0 Å². The molecule has 1 unspecified atom stereocenters. The minimum absolute atomic E-state index is 0.248. The Hall–Kier alpha value is -5.15. The van der Waals surface area contributed by atoms with Crippen molar-refractivity contribution in [3.63, 3.8) is 0 Å². The van der Waals surface area contributed by atoms with Gasteiger partial charge < -0.3 is 0 Å². The van der Waals surface area contributed by atoms with Gasteiger partial charge in [-0.25, -0.2) is 4.98 Å². The highest BCUT2D eigenvalue weighted by atomic mass is 14.7. The smallest absolute Gasteiger partial charge is 0.0731 e. The fourth-order valence-electron chi connectivity index (χ4n) is 6.01. The number of hydrogen-bond donors (Lipinski definition) is 0. The van der Waals surface area contributed by atoms with E-state index in [0.717, 1.165) is 33.6 Å². The Morgan fingerprint density at radius 3 is 1.83 bits per heavy atom. The molecule has 3 aromatic heterocycles. The van der Waals surface area contributed by atoms with Crippen molar-refractivity contribution in [2.45, 2.75) is 19.8 Å². The van der Waals surface area contributed by atoms with Gasteiger partial charge in [0.25, 0.3) is 0 Å². The maximum Gasteiger partial charge on any atom is 0.0731 e. The minimum Gasteiger partial charge on any atom is -0.264 e. The van der Waals surface area contributed by atoms with Crippen molar-refractivity contribution < 1.29 is 0 Å². The molecule has 6 aromatic rings. The fourth-order valence-corrected chi connectivity index (χ4v) is 6.01. The van der Waals surface area contributed by atoms with Gasteiger partial charge in [-0.2, -0.15) is 0 Å². The molecule has 7 rings (SSSR count). The van der Waals surface area contributed by atoms with E-state index in [1.165, 1.54) is 39.0 Å². The van der Waals surface area contributed by atoms with Crippen LogP contribution < -0.4 is 0 Å². The molecule has 0 spiro atoms. The van der Waals surface area contributed by atoms with E-state index in [1.54, 1.807) is 12.4 Å². The quantitative estimate of drug-likeness (QED) is 0.224. The lowest BCUT2D eigenvalue weighted by molar-refractivity contribution is 0.919. The molecule has 3 nitrogen and oxygen atoms in total. The zero-order valence-electron chi connectivity index (χ0n) is 23.1. The van der Waals surface area contributed by atoms with E-state index >= 15 is 0 Å². The number of pyridine rings is 3. The van der Waals surface area contributed by atoms with Crippen molar-refractivity contribution in [2.75, 3.05) is 0 Å². The number of benzene rings is 3. The second-order valence-corrected chi connectivity index (χ2v) is 10.5. The Balaban J connectivity index is 1.27. The number of aromatic nitrogens is 3. The van der Waals surface area contributed by atoms with Gasteiger partial charge in [0.15, 0.2) is 0 Å². The molecule has 41 heavy (non-hydrogen) atoms. The standard InChI is InChI=1S/C38H29N3/c1-3-31-33-11-4-5-12-34(33)35-14-6-13-32(38(31)35)25(2)26-15-17-27(18-16-26)30-21-36(28-9-7-19-39-23-28)41-37(22-30)29-10-8-20-40-24-29/h3-25H,1-2H3/b31-3-. The molecule has 1 aliphatic carbocycles. The lowest BCUT2D eigenvalue weighted by Crippen LogP contribution is -2.00. The maximum absolute atomic E-state index is 4.97. The summed E-state index contributed by atoms with van der Waals surface area (Å²) in [5.41, 5.74) is 15.4. The number of nitrogens with zero attached hydrogens (tertiary/aromatic N) is 3. The van der Waals surface area contributed by atoms with E-state index < -0.39 is 0 Å². The molecule has 1 aliphatic rings. The zero-order valence-corrected chi connectivity index (χ0v) is 23.1. The van der Waals surface area contributed by atoms with Crippen molar-refractivity contribution in [3.8, 4) is 44.8 Å². The number of hydrogen-bond acceptors (Lipinski definition) is 3. The summed E-state index contributed by atoms with van der Waals surface area (Å²) < 4.78 is 0. The summed E-state index contributed by atoms with van der Waals surface area (Å²) in [4.78, 5) is 13.6. The predicted molar refractivity (Wildman–Crippen MR) is 168 cm³/mol. The van der Waals surface area contributed by atoms with Crippen LogP contribution in [-0.2, 0) is 0 Å². The molecule has 0 bridgehead atoms. The minimum atomic E-state index is 0.248. The Labute approximate surface area is 241 Å². The first-order chi connectivity index (χ1) is 20.2. The van der Waals surface area contributed by atoms with E-state index in [4.69, 9.17) is 4.98 Å². The molecule has 3 heteroatoms. The normalized spacial score (nSPS) is 13.6. The highest BCUT2D eigenvalue weighted by Gasteiger charge is 2.27. The highest BCUT2D eigenvalue weighted by Crippen LogP contribution is 2.48. The molecule has 3 heterocycles. The molecule has 0 radical (unpaired) electrons.